The van der Waals surface area contributed by atoms with Gasteiger partial charge in [-0.05, 0) is 43.0 Å². The molecule has 3 aromatic rings. The normalized spacial score (nSPS) is 13.1. The van der Waals surface area contributed by atoms with Crippen molar-refractivity contribution in [1.29, 1.82) is 0 Å². The van der Waals surface area contributed by atoms with Gasteiger partial charge < -0.3 is 4.52 Å². The average Bonchev–Trinajstić information content (AvgIpc) is 3.17. The largest absolute Gasteiger partial charge is 0.337 e. The van der Waals surface area contributed by atoms with Crippen LogP contribution >= 0.6 is 11.3 Å². The molecule has 0 unspecified atom stereocenters. The van der Waals surface area contributed by atoms with E-state index in [2.05, 4.69) is 19.8 Å². The molecule has 3 heterocycles. The highest BCUT2D eigenvalue weighted by Crippen LogP contribution is 2.22. The number of aromatic nitrogens is 3. The molecule has 9 heteroatoms. The Hall–Kier alpha value is -2.10. The van der Waals surface area contributed by atoms with Gasteiger partial charge in [-0.3, -0.25) is 4.98 Å². The van der Waals surface area contributed by atoms with Gasteiger partial charge in [-0.25, -0.2) is 8.42 Å². The third-order valence-electron chi connectivity index (χ3n) is 3.01. The van der Waals surface area contributed by atoms with Crippen molar-refractivity contribution in [3.63, 3.8) is 0 Å². The average molecular weight is 350 g/mol. The fourth-order valence-corrected chi connectivity index (χ4v) is 4.34. The zero-order valence-electron chi connectivity index (χ0n) is 12.4. The molecule has 3 rings (SSSR count). The van der Waals surface area contributed by atoms with Crippen LogP contribution in [0.15, 0.2) is 44.6 Å². The summed E-state index contributed by atoms with van der Waals surface area (Å²) in [5.41, 5.74) is 1.46. The van der Waals surface area contributed by atoms with Gasteiger partial charge in [-0.2, -0.15) is 9.71 Å². The van der Waals surface area contributed by atoms with E-state index in [1.165, 1.54) is 11.3 Å². The summed E-state index contributed by atoms with van der Waals surface area (Å²) in [5.74, 6) is 0.501. The zero-order valence-corrected chi connectivity index (χ0v) is 14.1. The molecule has 0 aliphatic heterocycles. The summed E-state index contributed by atoms with van der Waals surface area (Å²) in [7, 11) is -3.62. The molecule has 3 aromatic heterocycles. The quantitative estimate of drug-likeness (QED) is 0.759. The van der Waals surface area contributed by atoms with Gasteiger partial charge in [0.2, 0.25) is 11.7 Å². The highest BCUT2D eigenvalue weighted by molar-refractivity contribution is 7.91. The molecule has 0 aliphatic rings. The van der Waals surface area contributed by atoms with Crippen LogP contribution in [-0.2, 0) is 10.0 Å². The van der Waals surface area contributed by atoms with Gasteiger partial charge in [-0.1, -0.05) is 11.2 Å². The minimum absolute atomic E-state index is 0.183. The van der Waals surface area contributed by atoms with Gasteiger partial charge >= 0.3 is 0 Å². The number of nitrogens with one attached hydrogen (secondary N) is 1. The van der Waals surface area contributed by atoms with E-state index in [1.807, 2.05) is 13.0 Å². The van der Waals surface area contributed by atoms with Crippen LogP contribution in [0.2, 0.25) is 0 Å². The topological polar surface area (TPSA) is 98.0 Å². The van der Waals surface area contributed by atoms with Gasteiger partial charge in [0.05, 0.1) is 6.04 Å². The maximum atomic E-state index is 12.3. The minimum atomic E-state index is -3.62. The van der Waals surface area contributed by atoms with E-state index in [0.717, 1.165) is 5.56 Å². The second-order valence-corrected chi connectivity index (χ2v) is 7.81. The van der Waals surface area contributed by atoms with Gasteiger partial charge in [0.15, 0.2) is 0 Å². The van der Waals surface area contributed by atoms with Crippen LogP contribution in [0, 0.1) is 6.92 Å². The standard InChI is InChI=1S/C14H14N4O3S2/c1-9-7-12(22-8-9)23(19,20)18-10(2)14-16-13(17-21-14)11-5-3-4-6-15-11/h3-8,10,18H,1-2H3/t10-/m1/s1. The van der Waals surface area contributed by atoms with Gasteiger partial charge in [0.25, 0.3) is 10.0 Å². The summed E-state index contributed by atoms with van der Waals surface area (Å²) in [5, 5.41) is 5.62. The zero-order chi connectivity index (χ0) is 16.4. The highest BCUT2D eigenvalue weighted by Gasteiger charge is 2.23. The van der Waals surface area contributed by atoms with Crippen molar-refractivity contribution >= 4 is 21.4 Å². The van der Waals surface area contributed by atoms with Crippen LogP contribution in [0.4, 0.5) is 0 Å². The van der Waals surface area contributed by atoms with E-state index >= 15 is 0 Å². The molecular weight excluding hydrogens is 336 g/mol. The van der Waals surface area contributed by atoms with Crippen molar-refractivity contribution in [2.75, 3.05) is 0 Å². The molecule has 7 nitrogen and oxygen atoms in total. The third-order valence-corrected chi connectivity index (χ3v) is 6.11. The molecule has 0 bridgehead atoms. The third kappa shape index (κ3) is 3.46. The lowest BCUT2D eigenvalue weighted by Gasteiger charge is -2.08. The maximum Gasteiger partial charge on any atom is 0.250 e. The Labute approximate surface area is 137 Å². The van der Waals surface area contributed by atoms with E-state index in [1.54, 1.807) is 36.7 Å². The predicted molar refractivity (Wildman–Crippen MR) is 85.3 cm³/mol. The van der Waals surface area contributed by atoms with Crippen molar-refractivity contribution in [3.05, 3.63) is 47.3 Å². The summed E-state index contributed by atoms with van der Waals surface area (Å²) in [6, 6.07) is 6.31. The molecule has 1 atom stereocenters. The van der Waals surface area contributed by atoms with Crippen molar-refractivity contribution < 1.29 is 12.9 Å². The smallest absolute Gasteiger partial charge is 0.250 e. The molecular formula is C14H14N4O3S2. The van der Waals surface area contributed by atoms with Gasteiger partial charge in [0, 0.05) is 6.20 Å². The SMILES string of the molecule is Cc1csc(S(=O)(=O)N[C@H](C)c2nc(-c3ccccn3)no2)c1. The van der Waals surface area contributed by atoms with Crippen LogP contribution < -0.4 is 4.72 Å². The number of aryl methyl sites for hydroxylation is 1. The van der Waals surface area contributed by atoms with Crippen LogP contribution in [0.25, 0.3) is 11.5 Å². The molecule has 120 valence electrons. The number of pyridine rings is 1. The van der Waals surface area contributed by atoms with Crippen LogP contribution in [0.3, 0.4) is 0 Å². The van der Waals surface area contributed by atoms with Crippen LogP contribution in [-0.4, -0.2) is 23.5 Å². The molecule has 0 radical (unpaired) electrons. The Morgan fingerprint density at radius 3 is 2.83 bits per heavy atom. The summed E-state index contributed by atoms with van der Waals surface area (Å²) < 4.78 is 32.5. The summed E-state index contributed by atoms with van der Waals surface area (Å²) in [4.78, 5) is 8.32. The van der Waals surface area contributed by atoms with E-state index in [-0.39, 0.29) is 10.1 Å². The minimum Gasteiger partial charge on any atom is -0.337 e. The first kappa shape index (κ1) is 15.8. The van der Waals surface area contributed by atoms with E-state index < -0.39 is 16.1 Å². The number of thiophene rings is 1. The fourth-order valence-electron chi connectivity index (χ4n) is 1.90. The Morgan fingerprint density at radius 2 is 2.17 bits per heavy atom. The lowest BCUT2D eigenvalue weighted by atomic mass is 10.3. The summed E-state index contributed by atoms with van der Waals surface area (Å²) in [6.07, 6.45) is 1.62. The van der Waals surface area contributed by atoms with Crippen molar-refractivity contribution in [2.24, 2.45) is 0 Å². The Bertz CT molecular complexity index is 903. The van der Waals surface area contributed by atoms with Gasteiger partial charge in [-0.15, -0.1) is 11.3 Å². The molecule has 1 N–H and O–H groups in total. The predicted octanol–water partition coefficient (Wildman–Crippen LogP) is 2.54. The molecule has 0 aromatic carbocycles. The Kier molecular flexibility index (Phi) is 4.24. The Balaban J connectivity index is 1.79. The molecule has 0 saturated heterocycles. The lowest BCUT2D eigenvalue weighted by Crippen LogP contribution is -2.26. The van der Waals surface area contributed by atoms with Crippen molar-refractivity contribution in [2.45, 2.75) is 24.1 Å². The number of rotatable bonds is 5. The molecule has 23 heavy (non-hydrogen) atoms. The number of nitrogens with zero attached hydrogens (tertiary/aromatic N) is 3. The van der Waals surface area contributed by atoms with E-state index in [0.29, 0.717) is 11.5 Å². The number of hydrogen-bond donors (Lipinski definition) is 1. The summed E-state index contributed by atoms with van der Waals surface area (Å²) in [6.45, 7) is 3.49. The van der Waals surface area contributed by atoms with Gasteiger partial charge in [0.1, 0.15) is 9.90 Å². The van der Waals surface area contributed by atoms with E-state index in [9.17, 15) is 8.42 Å². The highest BCUT2D eigenvalue weighted by atomic mass is 32.2. The number of sulfonamides is 1. The second-order valence-electron chi connectivity index (χ2n) is 4.96. The van der Waals surface area contributed by atoms with Crippen molar-refractivity contribution in [3.8, 4) is 11.5 Å². The molecule has 0 spiro atoms. The molecule has 0 saturated carbocycles. The fraction of sp³-hybridized carbons (Fsp3) is 0.214. The number of hydrogen-bond acceptors (Lipinski definition) is 7. The van der Waals surface area contributed by atoms with Crippen molar-refractivity contribution in [1.82, 2.24) is 19.8 Å². The monoisotopic (exact) mass is 350 g/mol. The second kappa shape index (κ2) is 6.19. The van der Waals surface area contributed by atoms with E-state index in [4.69, 9.17) is 4.52 Å². The first-order valence-corrected chi connectivity index (χ1v) is 9.14. The van der Waals surface area contributed by atoms with Crippen LogP contribution in [0.5, 0.6) is 0 Å². The first-order chi connectivity index (χ1) is 11.0. The summed E-state index contributed by atoms with van der Waals surface area (Å²) >= 11 is 1.17. The molecule has 0 aliphatic carbocycles. The molecule has 0 fully saturated rings. The molecule has 0 amide bonds. The Morgan fingerprint density at radius 1 is 1.35 bits per heavy atom. The van der Waals surface area contributed by atoms with Crippen LogP contribution in [0.1, 0.15) is 24.4 Å². The maximum absolute atomic E-state index is 12.3. The first-order valence-electron chi connectivity index (χ1n) is 6.78. The lowest BCUT2D eigenvalue weighted by molar-refractivity contribution is 0.354.